The predicted octanol–water partition coefficient (Wildman–Crippen LogP) is 4.59. The van der Waals surface area contributed by atoms with Gasteiger partial charge in [-0.1, -0.05) is 45.1 Å². The molecule has 22 heavy (non-hydrogen) atoms. The van der Waals surface area contributed by atoms with Crippen LogP contribution in [0, 0.1) is 0 Å². The summed E-state index contributed by atoms with van der Waals surface area (Å²) in [5.74, 6) is -0.324. The SMILES string of the molecule is C=CC(=O)OC(C)CCCCCCCCC[Si](C)(OC)OC. The molecule has 0 aromatic heterocycles. The lowest BCUT2D eigenvalue weighted by atomic mass is 10.1. The minimum absolute atomic E-state index is 0.00350. The second kappa shape index (κ2) is 12.8. The average Bonchev–Trinajstić information content (AvgIpc) is 2.52. The van der Waals surface area contributed by atoms with Gasteiger partial charge in [-0.05, 0) is 32.4 Å². The molecule has 1 unspecified atom stereocenters. The number of hydrogen-bond donors (Lipinski definition) is 0. The van der Waals surface area contributed by atoms with Crippen molar-refractivity contribution in [3.8, 4) is 0 Å². The molecule has 0 radical (unpaired) electrons. The first-order chi connectivity index (χ1) is 10.5. The fourth-order valence-corrected chi connectivity index (χ4v) is 3.82. The molecule has 0 N–H and O–H groups in total. The van der Waals surface area contributed by atoms with E-state index in [4.69, 9.17) is 13.6 Å². The monoisotopic (exact) mass is 330 g/mol. The molecule has 0 aliphatic heterocycles. The van der Waals surface area contributed by atoms with Gasteiger partial charge in [0.05, 0.1) is 6.10 Å². The van der Waals surface area contributed by atoms with Crippen LogP contribution in [0.25, 0.3) is 0 Å². The largest absolute Gasteiger partial charge is 0.460 e. The summed E-state index contributed by atoms with van der Waals surface area (Å²) in [6.07, 6.45) is 10.7. The number of esters is 1. The van der Waals surface area contributed by atoms with Crippen LogP contribution >= 0.6 is 0 Å². The van der Waals surface area contributed by atoms with Crippen LogP contribution in [-0.2, 0) is 18.4 Å². The molecule has 0 rings (SSSR count). The highest BCUT2D eigenvalue weighted by atomic mass is 28.4. The summed E-state index contributed by atoms with van der Waals surface area (Å²) in [6, 6.07) is 1.08. The summed E-state index contributed by atoms with van der Waals surface area (Å²) in [7, 11) is 1.65. The molecule has 0 aliphatic carbocycles. The Morgan fingerprint density at radius 1 is 1.05 bits per heavy atom. The van der Waals surface area contributed by atoms with Crippen LogP contribution < -0.4 is 0 Å². The van der Waals surface area contributed by atoms with Crippen LogP contribution in [0.15, 0.2) is 12.7 Å². The van der Waals surface area contributed by atoms with E-state index in [1.165, 1.54) is 44.6 Å². The van der Waals surface area contributed by atoms with Gasteiger partial charge in [-0.15, -0.1) is 0 Å². The maximum atomic E-state index is 11.0. The number of unbranched alkanes of at least 4 members (excludes halogenated alkanes) is 6. The molecule has 4 nitrogen and oxygen atoms in total. The van der Waals surface area contributed by atoms with Crippen LogP contribution in [0.4, 0.5) is 0 Å². The molecule has 0 aromatic carbocycles. The number of ether oxygens (including phenoxy) is 1. The molecule has 1 atom stereocenters. The van der Waals surface area contributed by atoms with Gasteiger partial charge in [-0.25, -0.2) is 4.79 Å². The molecule has 0 bridgehead atoms. The molecule has 0 spiro atoms. The molecule has 0 saturated heterocycles. The van der Waals surface area contributed by atoms with Crippen LogP contribution in [0.5, 0.6) is 0 Å². The molecular formula is C17H34O4Si. The Morgan fingerprint density at radius 2 is 1.55 bits per heavy atom. The summed E-state index contributed by atoms with van der Waals surface area (Å²) in [5, 5.41) is 0. The average molecular weight is 331 g/mol. The Labute approximate surface area is 137 Å². The first-order valence-corrected chi connectivity index (χ1v) is 10.9. The maximum absolute atomic E-state index is 11.0. The Bertz CT molecular complexity index is 303. The molecular weight excluding hydrogens is 296 g/mol. The third-order valence-corrected chi connectivity index (χ3v) is 7.08. The van der Waals surface area contributed by atoms with Gasteiger partial charge in [0.2, 0.25) is 0 Å². The summed E-state index contributed by atoms with van der Waals surface area (Å²) < 4.78 is 16.1. The smallest absolute Gasteiger partial charge is 0.334 e. The first kappa shape index (κ1) is 21.3. The molecule has 0 amide bonds. The molecule has 130 valence electrons. The van der Waals surface area contributed by atoms with Gasteiger partial charge in [0.15, 0.2) is 0 Å². The molecule has 0 aromatic rings. The third kappa shape index (κ3) is 11.0. The summed E-state index contributed by atoms with van der Waals surface area (Å²) >= 11 is 0. The molecule has 0 heterocycles. The minimum atomic E-state index is -1.86. The van der Waals surface area contributed by atoms with Crippen LogP contribution in [0.3, 0.4) is 0 Å². The van der Waals surface area contributed by atoms with Crippen LogP contribution in [0.2, 0.25) is 12.6 Å². The van der Waals surface area contributed by atoms with Crippen LogP contribution in [0.1, 0.15) is 58.3 Å². The zero-order valence-corrected chi connectivity index (χ0v) is 15.9. The normalized spacial score (nSPS) is 12.9. The summed E-state index contributed by atoms with van der Waals surface area (Å²) in [6.45, 7) is 7.45. The van der Waals surface area contributed by atoms with E-state index in [1.54, 1.807) is 14.2 Å². The first-order valence-electron chi connectivity index (χ1n) is 8.40. The summed E-state index contributed by atoms with van der Waals surface area (Å²) in [5.41, 5.74) is 0. The maximum Gasteiger partial charge on any atom is 0.334 e. The van der Waals surface area contributed by atoms with Crippen molar-refractivity contribution >= 4 is 14.5 Å². The zero-order chi connectivity index (χ0) is 16.8. The molecule has 5 heteroatoms. The van der Waals surface area contributed by atoms with E-state index in [9.17, 15) is 4.79 Å². The highest BCUT2D eigenvalue weighted by molar-refractivity contribution is 6.65. The molecule has 0 fully saturated rings. The van der Waals surface area contributed by atoms with Gasteiger partial charge in [0.1, 0.15) is 0 Å². The van der Waals surface area contributed by atoms with Crippen molar-refractivity contribution in [1.82, 2.24) is 0 Å². The van der Waals surface area contributed by atoms with E-state index in [-0.39, 0.29) is 12.1 Å². The Kier molecular flexibility index (Phi) is 12.5. The van der Waals surface area contributed by atoms with E-state index in [1.807, 2.05) is 6.92 Å². The second-order valence-electron chi connectivity index (χ2n) is 6.01. The van der Waals surface area contributed by atoms with Crippen LogP contribution in [-0.4, -0.2) is 34.9 Å². The van der Waals surface area contributed by atoms with E-state index in [0.717, 1.165) is 18.9 Å². The minimum Gasteiger partial charge on any atom is -0.460 e. The topological polar surface area (TPSA) is 44.8 Å². The lowest BCUT2D eigenvalue weighted by molar-refractivity contribution is -0.142. The van der Waals surface area contributed by atoms with E-state index >= 15 is 0 Å². The lowest BCUT2D eigenvalue weighted by Crippen LogP contribution is -2.35. The molecule has 0 saturated carbocycles. The van der Waals surface area contributed by atoms with Crippen molar-refractivity contribution in [3.05, 3.63) is 12.7 Å². The number of hydrogen-bond acceptors (Lipinski definition) is 4. The van der Waals surface area contributed by atoms with Gasteiger partial charge in [-0.3, -0.25) is 0 Å². The van der Waals surface area contributed by atoms with Crippen molar-refractivity contribution in [2.75, 3.05) is 14.2 Å². The van der Waals surface area contributed by atoms with E-state index in [2.05, 4.69) is 13.1 Å². The Balaban J connectivity index is 3.40. The summed E-state index contributed by atoms with van der Waals surface area (Å²) in [4.78, 5) is 11.0. The number of carbonyl (C=O) groups is 1. The van der Waals surface area contributed by atoms with E-state index in [0.29, 0.717) is 0 Å². The van der Waals surface area contributed by atoms with Crippen molar-refractivity contribution in [1.29, 1.82) is 0 Å². The number of rotatable bonds is 14. The lowest BCUT2D eigenvalue weighted by Gasteiger charge is -2.22. The highest BCUT2D eigenvalue weighted by Crippen LogP contribution is 2.17. The van der Waals surface area contributed by atoms with Crippen molar-refractivity contribution < 1.29 is 18.4 Å². The van der Waals surface area contributed by atoms with Crippen molar-refractivity contribution in [3.63, 3.8) is 0 Å². The van der Waals surface area contributed by atoms with Crippen molar-refractivity contribution in [2.24, 2.45) is 0 Å². The van der Waals surface area contributed by atoms with E-state index < -0.39 is 8.56 Å². The zero-order valence-electron chi connectivity index (χ0n) is 14.9. The van der Waals surface area contributed by atoms with Gasteiger partial charge < -0.3 is 13.6 Å². The van der Waals surface area contributed by atoms with Gasteiger partial charge >= 0.3 is 14.5 Å². The fourth-order valence-electron chi connectivity index (χ4n) is 2.35. The van der Waals surface area contributed by atoms with Crippen molar-refractivity contribution in [2.45, 2.75) is 77.0 Å². The fraction of sp³-hybridized carbons (Fsp3) is 0.824. The van der Waals surface area contributed by atoms with Gasteiger partial charge in [0, 0.05) is 20.3 Å². The Hall–Kier alpha value is -0.653. The highest BCUT2D eigenvalue weighted by Gasteiger charge is 2.27. The third-order valence-electron chi connectivity index (χ3n) is 4.09. The standard InChI is InChI=1S/C17H34O4Si/c1-6-17(18)21-16(2)14-12-10-8-7-9-11-13-15-22(5,19-3)20-4/h6,16H,1,7-15H2,2-5H3. The van der Waals surface area contributed by atoms with Gasteiger partial charge in [0.25, 0.3) is 0 Å². The second-order valence-corrected chi connectivity index (χ2v) is 9.59. The molecule has 0 aliphatic rings. The van der Waals surface area contributed by atoms with Gasteiger partial charge in [-0.2, -0.15) is 0 Å². The Morgan fingerprint density at radius 3 is 2.05 bits per heavy atom. The predicted molar refractivity (Wildman–Crippen MR) is 93.1 cm³/mol. The quantitative estimate of drug-likeness (QED) is 0.202. The number of carbonyl (C=O) groups excluding carboxylic acids is 1.